The number of hydrogen-bond donors (Lipinski definition) is 1. The van der Waals surface area contributed by atoms with Crippen molar-refractivity contribution in [3.8, 4) is 0 Å². The van der Waals surface area contributed by atoms with Crippen LogP contribution < -0.4 is 10.2 Å². The number of pyridine rings is 1. The molecular formula is C15H18FN3. The van der Waals surface area contributed by atoms with E-state index in [1.165, 1.54) is 17.8 Å². The van der Waals surface area contributed by atoms with Gasteiger partial charge < -0.3 is 10.2 Å². The summed E-state index contributed by atoms with van der Waals surface area (Å²) in [7, 11) is 3.80. The Bertz CT molecular complexity index is 528. The monoisotopic (exact) mass is 259 g/mol. The summed E-state index contributed by atoms with van der Waals surface area (Å²) in [6.45, 7) is 1.34. The first-order valence-electron chi connectivity index (χ1n) is 6.25. The summed E-state index contributed by atoms with van der Waals surface area (Å²) in [6.07, 6.45) is 1.26. The van der Waals surface area contributed by atoms with Gasteiger partial charge in [0.15, 0.2) is 0 Å². The normalized spacial score (nSPS) is 10.5. The van der Waals surface area contributed by atoms with Gasteiger partial charge in [0.1, 0.15) is 11.6 Å². The summed E-state index contributed by atoms with van der Waals surface area (Å²) < 4.78 is 13.3. The predicted molar refractivity (Wildman–Crippen MR) is 75.5 cm³/mol. The summed E-state index contributed by atoms with van der Waals surface area (Å²) in [5.41, 5.74) is 2.06. The van der Waals surface area contributed by atoms with Gasteiger partial charge in [-0.2, -0.15) is 0 Å². The highest BCUT2D eigenvalue weighted by molar-refractivity contribution is 5.46. The predicted octanol–water partition coefficient (Wildman–Crippen LogP) is 2.58. The summed E-state index contributed by atoms with van der Waals surface area (Å²) in [5, 5.41) is 3.04. The largest absolute Gasteiger partial charge is 0.355 e. The van der Waals surface area contributed by atoms with E-state index >= 15 is 0 Å². The Morgan fingerprint density at radius 3 is 2.68 bits per heavy atom. The molecule has 0 unspecified atom stereocenters. The molecule has 1 heterocycles. The highest BCUT2D eigenvalue weighted by Gasteiger charge is 2.10. The highest BCUT2D eigenvalue weighted by atomic mass is 19.1. The van der Waals surface area contributed by atoms with Crippen LogP contribution in [0.15, 0.2) is 42.6 Å². The molecule has 0 aliphatic heterocycles. The minimum absolute atomic E-state index is 0.304. The van der Waals surface area contributed by atoms with Gasteiger partial charge in [0, 0.05) is 25.7 Å². The zero-order valence-electron chi connectivity index (χ0n) is 11.2. The van der Waals surface area contributed by atoms with Gasteiger partial charge in [-0.1, -0.05) is 30.3 Å². The second-order valence-electron chi connectivity index (χ2n) is 4.51. The Morgan fingerprint density at radius 1 is 1.26 bits per heavy atom. The van der Waals surface area contributed by atoms with Crippen molar-refractivity contribution in [3.63, 3.8) is 0 Å². The van der Waals surface area contributed by atoms with Gasteiger partial charge in [0.2, 0.25) is 0 Å². The molecule has 0 amide bonds. The number of nitrogens with one attached hydrogen (secondary N) is 1. The van der Waals surface area contributed by atoms with E-state index in [0.29, 0.717) is 6.54 Å². The lowest BCUT2D eigenvalue weighted by Crippen LogP contribution is -2.21. The van der Waals surface area contributed by atoms with E-state index in [2.05, 4.69) is 22.4 Å². The maximum atomic E-state index is 13.3. The van der Waals surface area contributed by atoms with Crippen molar-refractivity contribution < 1.29 is 4.39 Å². The molecule has 2 aromatic rings. The Balaban J connectivity index is 2.20. The molecule has 3 nitrogen and oxygen atoms in total. The zero-order chi connectivity index (χ0) is 13.7. The first-order chi connectivity index (χ1) is 9.20. The Hall–Kier alpha value is -1.94. The van der Waals surface area contributed by atoms with Crippen molar-refractivity contribution in [2.75, 3.05) is 19.0 Å². The fourth-order valence-electron chi connectivity index (χ4n) is 2.07. The Labute approximate surface area is 113 Å². The quantitative estimate of drug-likeness (QED) is 0.894. The number of benzene rings is 1. The van der Waals surface area contributed by atoms with Crippen LogP contribution in [0.2, 0.25) is 0 Å². The smallest absolute Gasteiger partial charge is 0.141 e. The summed E-state index contributed by atoms with van der Waals surface area (Å²) in [5.74, 6) is 0.502. The number of aromatic nitrogens is 1. The third-order valence-electron chi connectivity index (χ3n) is 2.90. The third kappa shape index (κ3) is 3.51. The van der Waals surface area contributed by atoms with Crippen molar-refractivity contribution in [1.82, 2.24) is 10.3 Å². The molecule has 0 fully saturated rings. The lowest BCUT2D eigenvalue weighted by Gasteiger charge is -2.21. The molecule has 0 saturated heterocycles. The molecule has 0 aliphatic carbocycles. The van der Waals surface area contributed by atoms with E-state index in [9.17, 15) is 4.39 Å². The van der Waals surface area contributed by atoms with E-state index in [1.54, 1.807) is 0 Å². The minimum Gasteiger partial charge on any atom is -0.355 e. The van der Waals surface area contributed by atoms with E-state index in [4.69, 9.17) is 0 Å². The van der Waals surface area contributed by atoms with Crippen LogP contribution in [0.4, 0.5) is 10.2 Å². The summed E-state index contributed by atoms with van der Waals surface area (Å²) in [6, 6.07) is 11.7. The van der Waals surface area contributed by atoms with Gasteiger partial charge in [-0.3, -0.25) is 0 Å². The molecule has 2 rings (SSSR count). The topological polar surface area (TPSA) is 28.2 Å². The number of rotatable bonds is 5. The molecule has 19 heavy (non-hydrogen) atoms. The zero-order valence-corrected chi connectivity index (χ0v) is 11.2. The maximum Gasteiger partial charge on any atom is 0.141 e. The minimum atomic E-state index is -0.304. The average molecular weight is 259 g/mol. The van der Waals surface area contributed by atoms with Gasteiger partial charge in [0.05, 0.1) is 6.20 Å². The molecule has 1 N–H and O–H groups in total. The molecule has 0 saturated carbocycles. The molecular weight excluding hydrogens is 241 g/mol. The lowest BCUT2D eigenvalue weighted by atomic mass is 10.2. The van der Waals surface area contributed by atoms with Crippen molar-refractivity contribution in [2.45, 2.75) is 13.1 Å². The van der Waals surface area contributed by atoms with E-state index in [-0.39, 0.29) is 5.82 Å². The first kappa shape index (κ1) is 13.5. The molecule has 0 bridgehead atoms. The van der Waals surface area contributed by atoms with Crippen LogP contribution in [0.1, 0.15) is 11.1 Å². The number of hydrogen-bond acceptors (Lipinski definition) is 3. The van der Waals surface area contributed by atoms with E-state index in [0.717, 1.165) is 17.9 Å². The molecule has 0 spiro atoms. The fourth-order valence-corrected chi connectivity index (χ4v) is 2.07. The Morgan fingerprint density at radius 2 is 2.00 bits per heavy atom. The van der Waals surface area contributed by atoms with Crippen LogP contribution in [-0.4, -0.2) is 19.1 Å². The van der Waals surface area contributed by atoms with Crippen LogP contribution in [0.3, 0.4) is 0 Å². The molecule has 1 aromatic heterocycles. The third-order valence-corrected chi connectivity index (χ3v) is 2.90. The van der Waals surface area contributed by atoms with Crippen molar-refractivity contribution in [1.29, 1.82) is 0 Å². The molecule has 1 aromatic carbocycles. The molecule has 0 radical (unpaired) electrons. The van der Waals surface area contributed by atoms with Gasteiger partial charge >= 0.3 is 0 Å². The van der Waals surface area contributed by atoms with Gasteiger partial charge in [-0.05, 0) is 18.7 Å². The number of halogens is 1. The van der Waals surface area contributed by atoms with Gasteiger partial charge in [-0.15, -0.1) is 0 Å². The second kappa shape index (κ2) is 6.29. The molecule has 0 aliphatic rings. The first-order valence-corrected chi connectivity index (χ1v) is 6.25. The maximum absolute atomic E-state index is 13.3. The standard InChI is InChI=1S/C15H18FN3/c1-17-9-13-8-14(16)10-18-15(13)19(2)11-12-6-4-3-5-7-12/h3-8,10,17H,9,11H2,1-2H3. The summed E-state index contributed by atoms with van der Waals surface area (Å²) in [4.78, 5) is 6.23. The van der Waals surface area contributed by atoms with Crippen LogP contribution >= 0.6 is 0 Å². The van der Waals surface area contributed by atoms with Crippen molar-refractivity contribution >= 4 is 5.82 Å². The van der Waals surface area contributed by atoms with Gasteiger partial charge in [0.25, 0.3) is 0 Å². The van der Waals surface area contributed by atoms with Crippen LogP contribution in [-0.2, 0) is 13.1 Å². The lowest BCUT2D eigenvalue weighted by molar-refractivity contribution is 0.615. The molecule has 0 atom stereocenters. The van der Waals surface area contributed by atoms with E-state index < -0.39 is 0 Å². The van der Waals surface area contributed by atoms with Gasteiger partial charge in [-0.25, -0.2) is 9.37 Å². The average Bonchev–Trinajstić information content (AvgIpc) is 2.40. The molecule has 4 heteroatoms. The van der Waals surface area contributed by atoms with Crippen LogP contribution in [0.5, 0.6) is 0 Å². The van der Waals surface area contributed by atoms with Crippen molar-refractivity contribution in [2.24, 2.45) is 0 Å². The van der Waals surface area contributed by atoms with Crippen LogP contribution in [0.25, 0.3) is 0 Å². The van der Waals surface area contributed by atoms with Crippen LogP contribution in [0, 0.1) is 5.82 Å². The SMILES string of the molecule is CNCc1cc(F)cnc1N(C)Cc1ccccc1. The number of anilines is 1. The highest BCUT2D eigenvalue weighted by Crippen LogP contribution is 2.19. The number of nitrogens with zero attached hydrogens (tertiary/aromatic N) is 2. The summed E-state index contributed by atoms with van der Waals surface area (Å²) >= 11 is 0. The molecule has 100 valence electrons. The second-order valence-corrected chi connectivity index (χ2v) is 4.51. The van der Waals surface area contributed by atoms with Crippen molar-refractivity contribution in [3.05, 3.63) is 59.5 Å². The fraction of sp³-hybridized carbons (Fsp3) is 0.267. The Kier molecular flexibility index (Phi) is 4.47. The van der Waals surface area contributed by atoms with E-state index in [1.807, 2.05) is 37.2 Å².